The Labute approximate surface area is 137 Å². The second-order valence-electron chi connectivity index (χ2n) is 2.00. The van der Waals surface area contributed by atoms with Crippen LogP contribution in [0.5, 0.6) is 0 Å². The molecular weight excluding hydrogens is 260 g/mol. The summed E-state index contributed by atoms with van der Waals surface area (Å²) in [6.07, 6.45) is 0. The second-order valence-corrected chi connectivity index (χ2v) is 2.82. The molecule has 0 aromatic heterocycles. The van der Waals surface area contributed by atoms with Gasteiger partial charge in [-0.15, -0.1) is 0 Å². The van der Waals surface area contributed by atoms with E-state index in [0.717, 1.165) is 0 Å². The molecule has 0 N–H and O–H groups in total. The molecule has 10 heteroatoms. The first-order valence-electron chi connectivity index (χ1n) is 3.17. The summed E-state index contributed by atoms with van der Waals surface area (Å²) < 4.78 is 34.1. The van der Waals surface area contributed by atoms with Crippen LogP contribution in [-0.4, -0.2) is 22.4 Å². The first kappa shape index (κ1) is 21.7. The van der Waals surface area contributed by atoms with Gasteiger partial charge in [-0.05, 0) is 0 Å². The van der Waals surface area contributed by atoms with E-state index in [1.807, 2.05) is 0 Å². The molecule has 0 bridgehead atoms. The average molecular weight is 265 g/mol. The van der Waals surface area contributed by atoms with Crippen LogP contribution in [0.15, 0.2) is 30.3 Å². The Bertz CT molecular complexity index is 387. The Kier molecular flexibility index (Phi) is 14.4. The van der Waals surface area contributed by atoms with E-state index < -0.39 is 15.3 Å². The number of nitro benzene ring substituents is 1. The van der Waals surface area contributed by atoms with Crippen molar-refractivity contribution in [3.05, 3.63) is 40.4 Å². The molecule has 0 heterocycles. The van der Waals surface area contributed by atoms with Gasteiger partial charge in [0.15, 0.2) is 0 Å². The Balaban J connectivity index is -0.000000214. The van der Waals surface area contributed by atoms with Crippen LogP contribution in [0.4, 0.5) is 5.69 Å². The van der Waals surface area contributed by atoms with E-state index in [1.54, 1.807) is 18.2 Å². The molecule has 0 aliphatic rings. The van der Waals surface area contributed by atoms with Gasteiger partial charge in [0.2, 0.25) is 0 Å². The summed E-state index contributed by atoms with van der Waals surface area (Å²) in [5.41, 5.74) is 0.137. The van der Waals surface area contributed by atoms with E-state index in [0.29, 0.717) is 0 Å². The normalized spacial score (nSPS) is 8.62. The molecule has 0 saturated carbocycles. The maximum absolute atomic E-state index is 10.0. The van der Waals surface area contributed by atoms with E-state index in [1.165, 1.54) is 12.1 Å². The average Bonchev–Trinajstić information content (AvgIpc) is 2.03. The summed E-state index contributed by atoms with van der Waals surface area (Å²) in [6.45, 7) is 0. The van der Waals surface area contributed by atoms with Gasteiger partial charge in [-0.1, -0.05) is 18.2 Å². The van der Waals surface area contributed by atoms with E-state index >= 15 is 0 Å². The summed E-state index contributed by atoms with van der Waals surface area (Å²) in [5, 5.41) is 10.0. The van der Waals surface area contributed by atoms with Gasteiger partial charge in [0.05, 0.1) is 4.92 Å². The monoisotopic (exact) mass is 265 g/mol. The molecule has 0 amide bonds. The van der Waals surface area contributed by atoms with Gasteiger partial charge in [0.25, 0.3) is 5.69 Å². The summed E-state index contributed by atoms with van der Waals surface area (Å²) in [4.78, 5) is 9.59. The molecule has 7 nitrogen and oxygen atoms in total. The third kappa shape index (κ3) is 16.9. The predicted octanol–water partition coefficient (Wildman–Crippen LogP) is -5.74. The molecule has 0 spiro atoms. The Morgan fingerprint density at radius 1 is 1.00 bits per heavy atom. The summed E-state index contributed by atoms with van der Waals surface area (Å²) in [7, 11) is -5.17. The smallest absolute Gasteiger partial charge is 0.759 e. The SMILES string of the molecule is O=S(=O)([O-])[O-].O=[N+]([O-])c1ccccc1.[Na+].[Na+]. The molecule has 1 rings (SSSR count). The standard InChI is InChI=1S/C6H5NO2.2Na.H2O4S/c8-7(9)6-4-2-1-3-5-6;;;1-5(2,3)4/h1-5H;;;(H2,1,2,3,4)/q;2*+1;/p-2. The largest absolute Gasteiger partial charge is 1.00 e. The van der Waals surface area contributed by atoms with Crippen molar-refractivity contribution in [2.75, 3.05) is 0 Å². The fourth-order valence-corrected chi connectivity index (χ4v) is 0.550. The van der Waals surface area contributed by atoms with Gasteiger partial charge in [0.1, 0.15) is 0 Å². The maximum atomic E-state index is 10.0. The third-order valence-electron chi connectivity index (χ3n) is 0.967. The summed E-state index contributed by atoms with van der Waals surface area (Å²) in [6, 6.07) is 7.93. The topological polar surface area (TPSA) is 123 Å². The minimum Gasteiger partial charge on any atom is -0.759 e. The Morgan fingerprint density at radius 2 is 1.31 bits per heavy atom. The number of nitro groups is 1. The quantitative estimate of drug-likeness (QED) is 0.164. The number of non-ortho nitro benzene ring substituents is 1. The van der Waals surface area contributed by atoms with Gasteiger partial charge in [-0.2, -0.15) is 0 Å². The van der Waals surface area contributed by atoms with Crippen LogP contribution in [0.3, 0.4) is 0 Å². The Hall–Kier alpha value is 0.490. The molecule has 0 aliphatic carbocycles. The van der Waals surface area contributed by atoms with Gasteiger partial charge in [-0.25, -0.2) is 0 Å². The zero-order chi connectivity index (χ0) is 11.2. The van der Waals surface area contributed by atoms with Crippen molar-refractivity contribution in [3.63, 3.8) is 0 Å². The minimum absolute atomic E-state index is 0. The van der Waals surface area contributed by atoms with Crippen LogP contribution >= 0.6 is 0 Å². The van der Waals surface area contributed by atoms with Gasteiger partial charge >= 0.3 is 59.1 Å². The first-order valence-corrected chi connectivity index (χ1v) is 4.50. The molecule has 1 aromatic carbocycles. The molecule has 0 unspecified atom stereocenters. The predicted molar refractivity (Wildman–Crippen MR) is 43.6 cm³/mol. The van der Waals surface area contributed by atoms with Gasteiger partial charge < -0.3 is 9.11 Å². The maximum Gasteiger partial charge on any atom is 1.00 e. The van der Waals surface area contributed by atoms with Gasteiger partial charge in [0, 0.05) is 22.5 Å². The summed E-state index contributed by atoms with van der Waals surface area (Å²) in [5.74, 6) is 0. The van der Waals surface area contributed by atoms with Crippen LogP contribution in [0.2, 0.25) is 0 Å². The van der Waals surface area contributed by atoms with E-state index in [2.05, 4.69) is 0 Å². The third-order valence-corrected chi connectivity index (χ3v) is 0.967. The van der Waals surface area contributed by atoms with Crippen molar-refractivity contribution in [2.45, 2.75) is 0 Å². The molecule has 16 heavy (non-hydrogen) atoms. The van der Waals surface area contributed by atoms with Crippen molar-refractivity contribution in [3.8, 4) is 0 Å². The number of hydrogen-bond donors (Lipinski definition) is 0. The van der Waals surface area contributed by atoms with Crippen LogP contribution in [0, 0.1) is 10.1 Å². The number of para-hydroxylation sites is 1. The zero-order valence-corrected chi connectivity index (χ0v) is 13.5. The molecule has 0 saturated heterocycles. The summed E-state index contributed by atoms with van der Waals surface area (Å²) >= 11 is 0. The molecule has 1 aromatic rings. The second kappa shape index (κ2) is 10.6. The van der Waals surface area contributed by atoms with E-state index in [-0.39, 0.29) is 64.8 Å². The van der Waals surface area contributed by atoms with E-state index in [4.69, 9.17) is 17.5 Å². The zero-order valence-electron chi connectivity index (χ0n) is 8.69. The first-order chi connectivity index (χ1) is 6.30. The number of hydrogen-bond acceptors (Lipinski definition) is 6. The number of benzene rings is 1. The van der Waals surface area contributed by atoms with Crippen molar-refractivity contribution in [1.82, 2.24) is 0 Å². The van der Waals surface area contributed by atoms with Crippen LogP contribution < -0.4 is 59.1 Å². The molecule has 78 valence electrons. The molecular formula is C6H5NNa2O6S. The fourth-order valence-electron chi connectivity index (χ4n) is 0.550. The fraction of sp³-hybridized carbons (Fsp3) is 0. The minimum atomic E-state index is -5.17. The van der Waals surface area contributed by atoms with Crippen LogP contribution in [-0.2, 0) is 10.4 Å². The van der Waals surface area contributed by atoms with Crippen molar-refractivity contribution < 1.29 is 81.6 Å². The molecule has 0 atom stereocenters. The van der Waals surface area contributed by atoms with Crippen LogP contribution in [0.25, 0.3) is 0 Å². The molecule has 0 radical (unpaired) electrons. The number of rotatable bonds is 1. The van der Waals surface area contributed by atoms with Crippen molar-refractivity contribution in [1.29, 1.82) is 0 Å². The van der Waals surface area contributed by atoms with Crippen LogP contribution in [0.1, 0.15) is 0 Å². The van der Waals surface area contributed by atoms with Gasteiger partial charge in [-0.3, -0.25) is 18.5 Å². The number of nitrogens with zero attached hydrogens (tertiary/aromatic N) is 1. The van der Waals surface area contributed by atoms with E-state index in [9.17, 15) is 10.1 Å². The van der Waals surface area contributed by atoms with Crippen molar-refractivity contribution in [2.24, 2.45) is 0 Å². The molecule has 0 aliphatic heterocycles. The Morgan fingerprint density at radius 3 is 1.50 bits per heavy atom. The van der Waals surface area contributed by atoms with Crippen molar-refractivity contribution >= 4 is 16.1 Å². The molecule has 0 fully saturated rings.